The summed E-state index contributed by atoms with van der Waals surface area (Å²) in [6, 6.07) is 3.06. The van der Waals surface area contributed by atoms with Crippen molar-refractivity contribution in [3.05, 3.63) is 35.4 Å². The lowest BCUT2D eigenvalue weighted by Crippen LogP contribution is -2.45. The smallest absolute Gasteiger partial charge is 0.252 e. The summed E-state index contributed by atoms with van der Waals surface area (Å²) in [6.07, 6.45) is 2.48. The maximum absolute atomic E-state index is 13.1. The van der Waals surface area contributed by atoms with Crippen LogP contribution in [-0.2, 0) is 4.79 Å². The Morgan fingerprint density at radius 3 is 2.53 bits per heavy atom. The molecule has 3 aromatic heterocycles. The van der Waals surface area contributed by atoms with Gasteiger partial charge in [0.25, 0.3) is 5.91 Å². The fraction of sp³-hybridized carbons (Fsp3) is 0.455. The van der Waals surface area contributed by atoms with Crippen LogP contribution in [0.2, 0.25) is 0 Å². The van der Waals surface area contributed by atoms with Crippen molar-refractivity contribution in [3.8, 4) is 11.3 Å². The van der Waals surface area contributed by atoms with Crippen LogP contribution in [0.15, 0.2) is 22.7 Å². The van der Waals surface area contributed by atoms with Crippen molar-refractivity contribution in [3.63, 3.8) is 0 Å². The van der Waals surface area contributed by atoms with Crippen LogP contribution in [0, 0.1) is 13.8 Å². The van der Waals surface area contributed by atoms with Crippen molar-refractivity contribution in [2.45, 2.75) is 60.0 Å². The molecule has 8 heteroatoms. The molecule has 0 fully saturated rings. The fourth-order valence-corrected chi connectivity index (χ4v) is 3.35. The predicted octanol–water partition coefficient (Wildman–Crippen LogP) is 3.53. The van der Waals surface area contributed by atoms with Gasteiger partial charge in [0.15, 0.2) is 5.65 Å². The second-order valence-corrected chi connectivity index (χ2v) is 7.79. The van der Waals surface area contributed by atoms with Gasteiger partial charge in [-0.1, -0.05) is 6.92 Å². The molecule has 0 saturated carbocycles. The van der Waals surface area contributed by atoms with Crippen LogP contribution in [0.5, 0.6) is 0 Å². The first-order chi connectivity index (χ1) is 14.2. The van der Waals surface area contributed by atoms with E-state index in [-0.39, 0.29) is 17.9 Å². The monoisotopic (exact) mass is 411 g/mol. The van der Waals surface area contributed by atoms with Crippen molar-refractivity contribution in [2.75, 3.05) is 6.54 Å². The molecular formula is C22H29N5O3. The van der Waals surface area contributed by atoms with E-state index in [1.807, 2.05) is 40.7 Å². The van der Waals surface area contributed by atoms with Gasteiger partial charge in [-0.25, -0.2) is 9.67 Å². The number of rotatable bonds is 7. The van der Waals surface area contributed by atoms with Crippen molar-refractivity contribution in [2.24, 2.45) is 0 Å². The molecule has 3 heterocycles. The molecule has 0 aliphatic heterocycles. The molecule has 30 heavy (non-hydrogen) atoms. The fourth-order valence-electron chi connectivity index (χ4n) is 3.35. The minimum atomic E-state index is -0.659. The Labute approximate surface area is 176 Å². The molecule has 0 saturated heterocycles. The van der Waals surface area contributed by atoms with Crippen LogP contribution in [-0.4, -0.2) is 39.2 Å². The van der Waals surface area contributed by atoms with Crippen molar-refractivity contribution in [1.82, 2.24) is 25.4 Å². The summed E-state index contributed by atoms with van der Waals surface area (Å²) in [4.78, 5) is 30.1. The van der Waals surface area contributed by atoms with E-state index in [1.165, 1.54) is 0 Å². The van der Waals surface area contributed by atoms with Gasteiger partial charge in [0, 0.05) is 18.2 Å². The third-order valence-corrected chi connectivity index (χ3v) is 4.91. The van der Waals surface area contributed by atoms with Crippen LogP contribution < -0.4 is 10.6 Å². The summed E-state index contributed by atoms with van der Waals surface area (Å²) >= 11 is 0. The third kappa shape index (κ3) is 4.22. The highest BCUT2D eigenvalue weighted by Gasteiger charge is 2.22. The largest absolute Gasteiger partial charge is 0.466 e. The number of nitrogens with one attached hydrogen (secondary N) is 2. The molecule has 0 aromatic carbocycles. The Morgan fingerprint density at radius 2 is 1.93 bits per heavy atom. The highest BCUT2D eigenvalue weighted by molar-refractivity contribution is 6.07. The minimum absolute atomic E-state index is 0.0760. The summed E-state index contributed by atoms with van der Waals surface area (Å²) in [6.45, 7) is 12.0. The molecule has 0 aliphatic rings. The topological polar surface area (TPSA) is 102 Å². The average molecular weight is 412 g/mol. The molecular weight excluding hydrogens is 382 g/mol. The summed E-state index contributed by atoms with van der Waals surface area (Å²) in [5.41, 5.74) is 2.51. The van der Waals surface area contributed by atoms with Crippen LogP contribution in [0.4, 0.5) is 0 Å². The van der Waals surface area contributed by atoms with Gasteiger partial charge in [-0.15, -0.1) is 0 Å². The first-order valence-corrected chi connectivity index (χ1v) is 10.3. The molecule has 2 N–H and O–H groups in total. The van der Waals surface area contributed by atoms with E-state index in [0.717, 1.165) is 23.5 Å². The van der Waals surface area contributed by atoms with Gasteiger partial charge < -0.3 is 15.1 Å². The quantitative estimate of drug-likeness (QED) is 0.619. The van der Waals surface area contributed by atoms with Crippen LogP contribution in [0.3, 0.4) is 0 Å². The summed E-state index contributed by atoms with van der Waals surface area (Å²) < 4.78 is 7.45. The van der Waals surface area contributed by atoms with Gasteiger partial charge in [0.2, 0.25) is 5.91 Å². The SMILES string of the molecule is CCCNC(=O)C(C)NC(=O)c1cc(-c2cc(C)oc2C)nc2c1cnn2C(C)C. The molecule has 3 aromatic rings. The van der Waals surface area contributed by atoms with Crippen molar-refractivity contribution >= 4 is 22.8 Å². The van der Waals surface area contributed by atoms with E-state index in [4.69, 9.17) is 9.40 Å². The molecule has 0 bridgehead atoms. The average Bonchev–Trinajstić information content (AvgIpc) is 3.27. The van der Waals surface area contributed by atoms with Crippen LogP contribution in [0.25, 0.3) is 22.3 Å². The molecule has 3 rings (SSSR count). The van der Waals surface area contributed by atoms with E-state index in [1.54, 1.807) is 23.9 Å². The van der Waals surface area contributed by atoms with Crippen LogP contribution >= 0.6 is 0 Å². The number of amides is 2. The lowest BCUT2D eigenvalue weighted by Gasteiger charge is -2.15. The lowest BCUT2D eigenvalue weighted by atomic mass is 10.1. The maximum Gasteiger partial charge on any atom is 0.252 e. The summed E-state index contributed by atoms with van der Waals surface area (Å²) in [5, 5.41) is 10.7. The number of hydrogen-bond acceptors (Lipinski definition) is 5. The Bertz CT molecular complexity index is 1080. The molecule has 1 unspecified atom stereocenters. The normalized spacial score (nSPS) is 12.4. The predicted molar refractivity (Wildman–Crippen MR) is 115 cm³/mol. The molecule has 1 atom stereocenters. The van der Waals surface area contributed by atoms with Gasteiger partial charge >= 0.3 is 0 Å². The van der Waals surface area contributed by atoms with E-state index in [2.05, 4.69) is 15.7 Å². The van der Waals surface area contributed by atoms with Crippen LogP contribution in [0.1, 0.15) is 62.0 Å². The molecule has 2 amide bonds. The Hall–Kier alpha value is -3.16. The number of carbonyl (C=O) groups excluding carboxylic acids is 2. The second-order valence-electron chi connectivity index (χ2n) is 7.79. The number of aromatic nitrogens is 3. The number of nitrogens with zero attached hydrogens (tertiary/aromatic N) is 3. The third-order valence-electron chi connectivity index (χ3n) is 4.91. The van der Waals surface area contributed by atoms with Crippen molar-refractivity contribution in [1.29, 1.82) is 0 Å². The first-order valence-electron chi connectivity index (χ1n) is 10.3. The van der Waals surface area contributed by atoms with Gasteiger partial charge in [-0.05, 0) is 53.2 Å². The first kappa shape index (κ1) is 21.5. The molecule has 0 spiro atoms. The van der Waals surface area contributed by atoms with Gasteiger partial charge in [0.1, 0.15) is 17.6 Å². The Balaban J connectivity index is 2.05. The zero-order valence-corrected chi connectivity index (χ0v) is 18.4. The number of furan rings is 1. The van der Waals surface area contributed by atoms with Gasteiger partial charge in [-0.3, -0.25) is 9.59 Å². The molecule has 0 aliphatic carbocycles. The number of carbonyl (C=O) groups is 2. The number of pyridine rings is 1. The number of fused-ring (bicyclic) bond motifs is 1. The molecule has 8 nitrogen and oxygen atoms in total. The van der Waals surface area contributed by atoms with Crippen molar-refractivity contribution < 1.29 is 14.0 Å². The molecule has 0 radical (unpaired) electrons. The van der Waals surface area contributed by atoms with E-state index in [9.17, 15) is 9.59 Å². The highest BCUT2D eigenvalue weighted by Crippen LogP contribution is 2.30. The highest BCUT2D eigenvalue weighted by atomic mass is 16.3. The van der Waals surface area contributed by atoms with E-state index < -0.39 is 6.04 Å². The second kappa shape index (κ2) is 8.69. The minimum Gasteiger partial charge on any atom is -0.466 e. The van der Waals surface area contributed by atoms with Gasteiger partial charge in [0.05, 0.1) is 22.8 Å². The van der Waals surface area contributed by atoms with Gasteiger partial charge in [-0.2, -0.15) is 5.10 Å². The van der Waals surface area contributed by atoms with E-state index >= 15 is 0 Å². The molecule has 160 valence electrons. The zero-order chi connectivity index (χ0) is 22.0. The number of hydrogen-bond donors (Lipinski definition) is 2. The Kier molecular flexibility index (Phi) is 6.24. The summed E-state index contributed by atoms with van der Waals surface area (Å²) in [5.74, 6) is 0.946. The zero-order valence-electron chi connectivity index (χ0n) is 18.4. The summed E-state index contributed by atoms with van der Waals surface area (Å²) in [7, 11) is 0. The number of aryl methyl sites for hydroxylation is 2. The lowest BCUT2D eigenvalue weighted by molar-refractivity contribution is -0.122. The maximum atomic E-state index is 13.1. The Morgan fingerprint density at radius 1 is 1.20 bits per heavy atom. The van der Waals surface area contributed by atoms with E-state index in [0.29, 0.717) is 28.8 Å². The standard InChI is InChI=1S/C22H29N5O3/c1-7-8-23-21(28)14(5)25-22(29)17-10-19(16-9-13(4)30-15(16)6)26-20-18(17)11-24-27(20)12(2)3/h9-12,14H,7-8H2,1-6H3,(H,23,28)(H,25,29).